The molecule has 0 bridgehead atoms. The molecule has 16 heteroatoms. The van der Waals surface area contributed by atoms with Crippen molar-refractivity contribution in [3.63, 3.8) is 0 Å². The van der Waals surface area contributed by atoms with Crippen LogP contribution in [0.2, 0.25) is 25.7 Å². The van der Waals surface area contributed by atoms with Crippen molar-refractivity contribution in [2.45, 2.75) is 111 Å². The Kier molecular flexibility index (Phi) is 18.5. The lowest BCUT2D eigenvalue weighted by Gasteiger charge is -2.24. The van der Waals surface area contributed by atoms with Gasteiger partial charge in [0.2, 0.25) is 0 Å². The molecule has 0 aliphatic carbocycles. The number of hydrogen-bond donors (Lipinski definition) is 3. The van der Waals surface area contributed by atoms with Crippen LogP contribution in [0.5, 0.6) is 0 Å². The standard InChI is InChI=1S/C33H52N4O9S2Si/c1-11-24(36-30(41)25-20-48-26(35-25)19-34-32(43)46-33(5,6)7)29(40)37-28(21(2)3)31(42)45-23(14-12-13-16-47-22(4)38)18-27(39)44-15-17-49(8,9)10/h11-12,14,20-21,23,28H,13,15-19H2,1-10H3,(H,34,43)(H,36,41)(H,37,40). The van der Waals surface area contributed by atoms with Gasteiger partial charge in [-0.05, 0) is 52.2 Å². The molecule has 0 spiro atoms. The third-order valence-electron chi connectivity index (χ3n) is 6.25. The van der Waals surface area contributed by atoms with Crippen LogP contribution in [-0.2, 0) is 39.9 Å². The average Bonchev–Trinajstić information content (AvgIpc) is 3.44. The minimum Gasteiger partial charge on any atom is -0.466 e. The molecule has 0 saturated heterocycles. The molecule has 2 unspecified atom stereocenters. The van der Waals surface area contributed by atoms with Gasteiger partial charge in [0.1, 0.15) is 34.1 Å². The Morgan fingerprint density at radius 3 is 2.35 bits per heavy atom. The number of ether oxygens (including phenoxy) is 3. The summed E-state index contributed by atoms with van der Waals surface area (Å²) in [4.78, 5) is 79.5. The van der Waals surface area contributed by atoms with Crippen LogP contribution in [0.15, 0.2) is 29.3 Å². The number of rotatable bonds is 18. The maximum Gasteiger partial charge on any atom is 0.408 e. The normalized spacial score (nSPS) is 13.4. The molecule has 274 valence electrons. The van der Waals surface area contributed by atoms with Crippen molar-refractivity contribution >= 4 is 66.1 Å². The molecule has 1 heterocycles. The second-order valence-electron chi connectivity index (χ2n) is 13.6. The summed E-state index contributed by atoms with van der Waals surface area (Å²) in [7, 11) is -1.43. The summed E-state index contributed by atoms with van der Waals surface area (Å²) in [6.45, 7) is 18.5. The highest BCUT2D eigenvalue weighted by atomic mass is 32.2. The number of carbonyl (C=O) groups excluding carboxylic acids is 6. The quantitative estimate of drug-likeness (QED) is 0.0441. The van der Waals surface area contributed by atoms with Gasteiger partial charge in [0.25, 0.3) is 11.8 Å². The molecular weight excluding hydrogens is 689 g/mol. The molecule has 13 nitrogen and oxygen atoms in total. The van der Waals surface area contributed by atoms with E-state index in [0.29, 0.717) is 17.2 Å². The number of esters is 2. The number of nitrogens with zero attached hydrogens (tertiary/aromatic N) is 1. The van der Waals surface area contributed by atoms with E-state index >= 15 is 0 Å². The molecule has 3 N–H and O–H groups in total. The van der Waals surface area contributed by atoms with Crippen molar-refractivity contribution in [1.82, 2.24) is 20.9 Å². The summed E-state index contributed by atoms with van der Waals surface area (Å²) in [5, 5.41) is 9.64. The van der Waals surface area contributed by atoms with Crippen molar-refractivity contribution in [3.8, 4) is 0 Å². The lowest BCUT2D eigenvalue weighted by Crippen LogP contribution is -2.48. The topological polar surface area (TPSA) is 179 Å². The van der Waals surface area contributed by atoms with Gasteiger partial charge >= 0.3 is 18.0 Å². The highest BCUT2D eigenvalue weighted by Crippen LogP contribution is 2.15. The first kappa shape index (κ1) is 43.5. The number of nitrogens with one attached hydrogen (secondary N) is 3. The lowest BCUT2D eigenvalue weighted by atomic mass is 10.0. The van der Waals surface area contributed by atoms with Crippen LogP contribution >= 0.6 is 23.1 Å². The number of hydrogen-bond acceptors (Lipinski definition) is 12. The zero-order chi connectivity index (χ0) is 37.4. The molecule has 0 aliphatic rings. The monoisotopic (exact) mass is 740 g/mol. The Bertz CT molecular complexity index is 1360. The van der Waals surface area contributed by atoms with E-state index in [2.05, 4.69) is 40.6 Å². The van der Waals surface area contributed by atoms with E-state index < -0.39 is 61.6 Å². The Labute approximate surface area is 298 Å². The van der Waals surface area contributed by atoms with Crippen molar-refractivity contribution in [2.75, 3.05) is 12.4 Å². The van der Waals surface area contributed by atoms with Crippen LogP contribution in [0.25, 0.3) is 0 Å². The zero-order valence-corrected chi connectivity index (χ0v) is 32.9. The fraction of sp³-hybridized carbons (Fsp3) is 0.606. The predicted octanol–water partition coefficient (Wildman–Crippen LogP) is 5.35. The maximum atomic E-state index is 13.4. The number of amides is 3. The summed E-state index contributed by atoms with van der Waals surface area (Å²) in [6.07, 6.45) is 3.41. The highest BCUT2D eigenvalue weighted by molar-refractivity contribution is 8.13. The Morgan fingerprint density at radius 2 is 1.78 bits per heavy atom. The first-order valence-electron chi connectivity index (χ1n) is 16.1. The van der Waals surface area contributed by atoms with E-state index in [9.17, 15) is 28.8 Å². The zero-order valence-electron chi connectivity index (χ0n) is 30.2. The molecule has 1 aromatic heterocycles. The van der Waals surface area contributed by atoms with Crippen molar-refractivity contribution in [3.05, 3.63) is 40.0 Å². The Hall–Kier alpha value is -3.50. The van der Waals surface area contributed by atoms with Crippen LogP contribution < -0.4 is 16.0 Å². The van der Waals surface area contributed by atoms with E-state index in [1.165, 1.54) is 18.4 Å². The first-order valence-corrected chi connectivity index (χ1v) is 21.6. The molecule has 1 rings (SSSR count). The minimum absolute atomic E-state index is 0.0153. The molecule has 0 aromatic carbocycles. The van der Waals surface area contributed by atoms with Crippen LogP contribution in [0, 0.1) is 5.92 Å². The van der Waals surface area contributed by atoms with E-state index in [1.54, 1.807) is 53.7 Å². The summed E-state index contributed by atoms with van der Waals surface area (Å²) < 4.78 is 16.3. The average molecular weight is 741 g/mol. The second kappa shape index (κ2) is 20.9. The fourth-order valence-electron chi connectivity index (χ4n) is 3.71. The Balaban J connectivity index is 2.92. The van der Waals surface area contributed by atoms with E-state index in [1.807, 2.05) is 0 Å². The van der Waals surface area contributed by atoms with Gasteiger partial charge in [0.05, 0.1) is 19.6 Å². The Morgan fingerprint density at radius 1 is 1.10 bits per heavy atom. The largest absolute Gasteiger partial charge is 0.466 e. The molecule has 1 aromatic rings. The van der Waals surface area contributed by atoms with Gasteiger partial charge in [-0.15, -0.1) is 11.3 Å². The third-order valence-corrected chi connectivity index (χ3v) is 9.65. The fourth-order valence-corrected chi connectivity index (χ4v) is 5.68. The predicted molar refractivity (Wildman–Crippen MR) is 194 cm³/mol. The number of allylic oxidation sites excluding steroid dienone is 2. The molecule has 3 amide bonds. The van der Waals surface area contributed by atoms with E-state index in [0.717, 1.165) is 29.1 Å². The van der Waals surface area contributed by atoms with Crippen LogP contribution in [-0.4, -0.2) is 78.1 Å². The molecule has 0 radical (unpaired) electrons. The van der Waals surface area contributed by atoms with Gasteiger partial charge in [0, 0.05) is 26.1 Å². The van der Waals surface area contributed by atoms with Gasteiger partial charge in [0.15, 0.2) is 5.12 Å². The SMILES string of the molecule is CC=C(NC(=O)c1csc(CNC(=O)OC(C)(C)C)n1)C(=O)NC(C(=O)OC(C=CCCSC(C)=O)CC(=O)OCC[Si](C)(C)C)C(C)C. The number of thioether (sulfide) groups is 1. The van der Waals surface area contributed by atoms with Crippen LogP contribution in [0.3, 0.4) is 0 Å². The molecule has 0 saturated carbocycles. The third kappa shape index (κ3) is 19.3. The van der Waals surface area contributed by atoms with E-state index in [-0.39, 0.29) is 36.1 Å². The lowest BCUT2D eigenvalue weighted by molar-refractivity contribution is -0.156. The molecule has 0 fully saturated rings. The van der Waals surface area contributed by atoms with E-state index in [4.69, 9.17) is 14.2 Å². The maximum absolute atomic E-state index is 13.4. The summed E-state index contributed by atoms with van der Waals surface area (Å²) in [5.74, 6) is -2.56. The number of carbonyl (C=O) groups is 6. The van der Waals surface area contributed by atoms with Crippen molar-refractivity contribution in [1.29, 1.82) is 0 Å². The highest BCUT2D eigenvalue weighted by Gasteiger charge is 2.30. The van der Waals surface area contributed by atoms with Gasteiger partial charge in [-0.25, -0.2) is 14.6 Å². The molecule has 49 heavy (non-hydrogen) atoms. The van der Waals surface area contributed by atoms with Crippen molar-refractivity contribution in [2.24, 2.45) is 5.92 Å². The van der Waals surface area contributed by atoms with Crippen molar-refractivity contribution < 1.29 is 43.0 Å². The number of aromatic nitrogens is 1. The second-order valence-corrected chi connectivity index (χ2v) is 21.4. The molecule has 2 atom stereocenters. The molecule has 0 aliphatic heterocycles. The number of thiazole rings is 1. The van der Waals surface area contributed by atoms with Gasteiger partial charge < -0.3 is 30.2 Å². The van der Waals surface area contributed by atoms with Crippen LogP contribution in [0.1, 0.15) is 76.8 Å². The number of alkyl carbamates (subject to hydrolysis) is 1. The smallest absolute Gasteiger partial charge is 0.408 e. The summed E-state index contributed by atoms with van der Waals surface area (Å²) in [6, 6.07) is -0.321. The minimum atomic E-state index is -1.43. The van der Waals surface area contributed by atoms with Gasteiger partial charge in [-0.2, -0.15) is 0 Å². The van der Waals surface area contributed by atoms with Gasteiger partial charge in [-0.3, -0.25) is 19.2 Å². The summed E-state index contributed by atoms with van der Waals surface area (Å²) >= 11 is 2.31. The first-order chi connectivity index (χ1) is 22.7. The van der Waals surface area contributed by atoms with Gasteiger partial charge in [-0.1, -0.05) is 57.4 Å². The van der Waals surface area contributed by atoms with Crippen LogP contribution in [0.4, 0.5) is 4.79 Å². The molecular formula is C33H52N4O9S2Si. The summed E-state index contributed by atoms with van der Waals surface area (Å²) in [5.41, 5.74) is -0.746.